The normalized spacial score (nSPS) is 10.7. The van der Waals surface area contributed by atoms with Gasteiger partial charge in [0.1, 0.15) is 12.3 Å². The maximum atomic E-state index is 12.1. The monoisotopic (exact) mass is 351 g/mol. The molecule has 0 radical (unpaired) electrons. The molecule has 0 aliphatic rings. The average molecular weight is 351 g/mol. The molecule has 0 atom stereocenters. The van der Waals surface area contributed by atoms with Gasteiger partial charge in [0.2, 0.25) is 5.91 Å². The summed E-state index contributed by atoms with van der Waals surface area (Å²) in [5.74, 6) is 0.656. The van der Waals surface area contributed by atoms with Gasteiger partial charge < -0.3 is 9.73 Å². The number of aryl methyl sites for hydroxylation is 2. The quantitative estimate of drug-likeness (QED) is 0.664. The van der Waals surface area contributed by atoms with Crippen molar-refractivity contribution in [2.24, 2.45) is 0 Å². The van der Waals surface area contributed by atoms with Crippen LogP contribution in [0.5, 0.6) is 0 Å². The largest absolute Gasteiger partial charge is 0.469 e. The van der Waals surface area contributed by atoms with Gasteiger partial charge >= 0.3 is 0 Å². The molecule has 0 saturated heterocycles. The van der Waals surface area contributed by atoms with Crippen molar-refractivity contribution < 1.29 is 9.21 Å². The number of furan rings is 1. The Hall–Kier alpha value is -3.15. The van der Waals surface area contributed by atoms with Crippen molar-refractivity contribution in [3.8, 4) is 11.3 Å². The Kier molecular flexibility index (Phi) is 5.63. The predicted octanol–water partition coefficient (Wildman–Crippen LogP) is 2.56. The molecule has 3 aromatic rings. The van der Waals surface area contributed by atoms with Gasteiger partial charge in [-0.05, 0) is 31.5 Å². The third-order valence-electron chi connectivity index (χ3n) is 4.01. The van der Waals surface area contributed by atoms with Crippen LogP contribution < -0.4 is 10.9 Å². The van der Waals surface area contributed by atoms with Gasteiger partial charge in [-0.25, -0.2) is 4.68 Å². The molecule has 1 N–H and O–H groups in total. The number of carbonyl (C=O) groups excluding carboxylic acids is 1. The molecule has 0 bridgehead atoms. The molecule has 0 saturated carbocycles. The lowest BCUT2D eigenvalue weighted by Gasteiger charge is -2.08. The molecular weight excluding hydrogens is 330 g/mol. The number of carbonyl (C=O) groups is 1. The number of rotatable bonds is 7. The molecule has 6 nitrogen and oxygen atoms in total. The zero-order valence-corrected chi connectivity index (χ0v) is 14.6. The number of amides is 1. The second-order valence-electron chi connectivity index (χ2n) is 6.11. The number of hydrogen-bond acceptors (Lipinski definition) is 4. The smallest absolute Gasteiger partial charge is 0.267 e. The second-order valence-corrected chi connectivity index (χ2v) is 6.11. The topological polar surface area (TPSA) is 77.1 Å². The van der Waals surface area contributed by atoms with Gasteiger partial charge in [-0.1, -0.05) is 29.8 Å². The van der Waals surface area contributed by atoms with Crippen molar-refractivity contribution in [3.05, 3.63) is 76.5 Å². The zero-order valence-electron chi connectivity index (χ0n) is 14.6. The molecule has 2 aromatic heterocycles. The van der Waals surface area contributed by atoms with Gasteiger partial charge in [-0.2, -0.15) is 5.10 Å². The predicted molar refractivity (Wildman–Crippen MR) is 98.7 cm³/mol. The van der Waals surface area contributed by atoms with Crippen LogP contribution in [0.2, 0.25) is 0 Å². The Morgan fingerprint density at radius 2 is 1.96 bits per heavy atom. The number of hydrogen-bond donors (Lipinski definition) is 1. The fourth-order valence-corrected chi connectivity index (χ4v) is 2.58. The van der Waals surface area contributed by atoms with E-state index in [9.17, 15) is 9.59 Å². The lowest BCUT2D eigenvalue weighted by atomic mass is 10.1. The first-order valence-corrected chi connectivity index (χ1v) is 8.56. The minimum atomic E-state index is -0.299. The first kappa shape index (κ1) is 17.7. The van der Waals surface area contributed by atoms with Crippen LogP contribution in [0, 0.1) is 6.92 Å². The summed E-state index contributed by atoms with van der Waals surface area (Å²) in [6, 6.07) is 14.7. The summed E-state index contributed by atoms with van der Waals surface area (Å²) < 4.78 is 6.44. The van der Waals surface area contributed by atoms with Crippen molar-refractivity contribution >= 4 is 5.91 Å². The minimum Gasteiger partial charge on any atom is -0.469 e. The van der Waals surface area contributed by atoms with Crippen LogP contribution >= 0.6 is 0 Å². The van der Waals surface area contributed by atoms with E-state index in [-0.39, 0.29) is 18.0 Å². The van der Waals surface area contributed by atoms with Crippen LogP contribution in [0.15, 0.2) is 64.0 Å². The first-order chi connectivity index (χ1) is 12.6. The van der Waals surface area contributed by atoms with Gasteiger partial charge in [0, 0.05) is 24.6 Å². The Labute approximate surface area is 151 Å². The van der Waals surface area contributed by atoms with E-state index in [1.807, 2.05) is 43.3 Å². The molecule has 1 amide bonds. The van der Waals surface area contributed by atoms with Crippen LogP contribution in [0.1, 0.15) is 17.7 Å². The van der Waals surface area contributed by atoms with E-state index in [0.29, 0.717) is 12.2 Å². The summed E-state index contributed by atoms with van der Waals surface area (Å²) in [4.78, 5) is 24.1. The summed E-state index contributed by atoms with van der Waals surface area (Å²) in [5, 5.41) is 7.12. The molecule has 0 aliphatic heterocycles. The van der Waals surface area contributed by atoms with E-state index in [4.69, 9.17) is 4.42 Å². The first-order valence-electron chi connectivity index (χ1n) is 8.56. The van der Waals surface area contributed by atoms with Crippen molar-refractivity contribution in [1.82, 2.24) is 15.1 Å². The van der Waals surface area contributed by atoms with Crippen LogP contribution in [-0.2, 0) is 17.8 Å². The fourth-order valence-electron chi connectivity index (χ4n) is 2.58. The van der Waals surface area contributed by atoms with Crippen molar-refractivity contribution in [1.29, 1.82) is 0 Å². The maximum Gasteiger partial charge on any atom is 0.267 e. The summed E-state index contributed by atoms with van der Waals surface area (Å²) in [6.07, 6.45) is 3.16. The van der Waals surface area contributed by atoms with E-state index in [1.165, 1.54) is 10.7 Å². The zero-order chi connectivity index (χ0) is 18.4. The number of nitrogens with zero attached hydrogens (tertiary/aromatic N) is 2. The average Bonchev–Trinajstić information content (AvgIpc) is 3.15. The van der Waals surface area contributed by atoms with E-state index >= 15 is 0 Å². The van der Waals surface area contributed by atoms with E-state index in [1.54, 1.807) is 12.3 Å². The van der Waals surface area contributed by atoms with Crippen molar-refractivity contribution in [3.63, 3.8) is 0 Å². The van der Waals surface area contributed by atoms with Crippen LogP contribution in [-0.4, -0.2) is 22.2 Å². The van der Waals surface area contributed by atoms with Crippen molar-refractivity contribution in [2.45, 2.75) is 26.3 Å². The maximum absolute atomic E-state index is 12.1. The molecule has 0 aliphatic carbocycles. The van der Waals surface area contributed by atoms with E-state index in [0.717, 1.165) is 29.7 Å². The van der Waals surface area contributed by atoms with Gasteiger partial charge in [-0.3, -0.25) is 9.59 Å². The molecule has 0 fully saturated rings. The van der Waals surface area contributed by atoms with Gasteiger partial charge in [0.15, 0.2) is 0 Å². The SMILES string of the molecule is Cc1ccc(-c2ccc(=O)n(CC(=O)NCCCc3ccco3)n2)cc1. The van der Waals surface area contributed by atoms with E-state index < -0.39 is 0 Å². The second kappa shape index (κ2) is 8.29. The summed E-state index contributed by atoms with van der Waals surface area (Å²) >= 11 is 0. The van der Waals surface area contributed by atoms with Crippen LogP contribution in [0.25, 0.3) is 11.3 Å². The lowest BCUT2D eigenvalue weighted by molar-refractivity contribution is -0.121. The Bertz CT molecular complexity index is 912. The Morgan fingerprint density at radius 3 is 2.69 bits per heavy atom. The minimum absolute atomic E-state index is 0.0979. The van der Waals surface area contributed by atoms with Crippen LogP contribution in [0.3, 0.4) is 0 Å². The molecule has 134 valence electrons. The fraction of sp³-hybridized carbons (Fsp3) is 0.250. The van der Waals surface area contributed by atoms with Gasteiger partial charge in [0.25, 0.3) is 5.56 Å². The molecule has 2 heterocycles. The molecule has 1 aromatic carbocycles. The highest BCUT2D eigenvalue weighted by atomic mass is 16.3. The van der Waals surface area contributed by atoms with E-state index in [2.05, 4.69) is 10.4 Å². The Morgan fingerprint density at radius 1 is 1.15 bits per heavy atom. The molecule has 6 heteroatoms. The summed E-state index contributed by atoms with van der Waals surface area (Å²) in [5.41, 5.74) is 2.42. The lowest BCUT2D eigenvalue weighted by Crippen LogP contribution is -2.34. The molecule has 0 spiro atoms. The summed E-state index contributed by atoms with van der Waals surface area (Å²) in [7, 11) is 0. The van der Waals surface area contributed by atoms with Gasteiger partial charge in [-0.15, -0.1) is 0 Å². The Balaban J connectivity index is 1.58. The van der Waals surface area contributed by atoms with Gasteiger partial charge in [0.05, 0.1) is 12.0 Å². The number of benzene rings is 1. The molecule has 0 unspecified atom stereocenters. The summed E-state index contributed by atoms with van der Waals surface area (Å²) in [6.45, 7) is 2.43. The highest BCUT2D eigenvalue weighted by Crippen LogP contribution is 2.15. The molecular formula is C20H21N3O3. The van der Waals surface area contributed by atoms with Crippen LogP contribution in [0.4, 0.5) is 0 Å². The number of aromatic nitrogens is 2. The third-order valence-corrected chi connectivity index (χ3v) is 4.01. The molecule has 26 heavy (non-hydrogen) atoms. The highest BCUT2D eigenvalue weighted by Gasteiger charge is 2.08. The molecule has 3 rings (SSSR count). The highest BCUT2D eigenvalue weighted by molar-refractivity contribution is 5.75. The third kappa shape index (κ3) is 4.69. The van der Waals surface area contributed by atoms with Crippen molar-refractivity contribution in [2.75, 3.05) is 6.54 Å². The number of nitrogens with one attached hydrogen (secondary N) is 1. The standard InChI is InChI=1S/C20H21N3O3/c1-15-6-8-16(9-7-15)18-10-11-20(25)23(22-18)14-19(24)21-12-2-4-17-5-3-13-26-17/h3,5-11,13H,2,4,12,14H2,1H3,(H,21,24).